The van der Waals surface area contributed by atoms with Crippen molar-refractivity contribution >= 4 is 5.97 Å². The molecule has 0 aliphatic carbocycles. The lowest BCUT2D eigenvalue weighted by Gasteiger charge is -2.19. The van der Waals surface area contributed by atoms with Gasteiger partial charge in [-0.25, -0.2) is 4.79 Å². The molecule has 0 atom stereocenters. The van der Waals surface area contributed by atoms with Crippen molar-refractivity contribution < 1.29 is 14.6 Å². The maximum absolute atomic E-state index is 11.2. The topological polar surface area (TPSA) is 35.5 Å². The van der Waals surface area contributed by atoms with E-state index < -0.39 is 5.41 Å². The SMILES string of the molecule is CC(C)(C)COOC(=O)C(C)(C)C. The molecule has 0 aliphatic heterocycles. The fraction of sp³-hybridized carbons (Fsp3) is 0.900. The minimum Gasteiger partial charge on any atom is -0.298 e. The second-order valence-corrected chi connectivity index (χ2v) is 5.44. The Morgan fingerprint density at radius 3 is 1.85 bits per heavy atom. The smallest absolute Gasteiger partial charge is 0.298 e. The maximum Gasteiger partial charge on any atom is 0.347 e. The van der Waals surface area contributed by atoms with E-state index in [1.165, 1.54) is 0 Å². The molecule has 0 saturated heterocycles. The van der Waals surface area contributed by atoms with Crippen LogP contribution < -0.4 is 0 Å². The third kappa shape index (κ3) is 6.58. The van der Waals surface area contributed by atoms with E-state index >= 15 is 0 Å². The zero-order valence-electron chi connectivity index (χ0n) is 9.43. The molecule has 3 nitrogen and oxygen atoms in total. The molecule has 0 aromatic carbocycles. The van der Waals surface area contributed by atoms with Crippen molar-refractivity contribution in [2.75, 3.05) is 6.61 Å². The van der Waals surface area contributed by atoms with E-state index in [0.717, 1.165) is 0 Å². The zero-order valence-corrected chi connectivity index (χ0v) is 9.43. The van der Waals surface area contributed by atoms with Crippen molar-refractivity contribution in [3.8, 4) is 0 Å². The van der Waals surface area contributed by atoms with E-state index in [2.05, 4.69) is 4.89 Å². The average Bonchev–Trinajstić information content (AvgIpc) is 1.82. The fourth-order valence-electron chi connectivity index (χ4n) is 0.385. The minimum absolute atomic E-state index is 0.0121. The van der Waals surface area contributed by atoms with E-state index in [4.69, 9.17) is 4.89 Å². The molecule has 3 heteroatoms. The molecule has 0 fully saturated rings. The van der Waals surface area contributed by atoms with E-state index in [0.29, 0.717) is 6.61 Å². The molecule has 0 N–H and O–H groups in total. The summed E-state index contributed by atoms with van der Waals surface area (Å²) in [6.45, 7) is 11.8. The van der Waals surface area contributed by atoms with Crippen LogP contribution in [-0.2, 0) is 14.6 Å². The Balaban J connectivity index is 3.74. The van der Waals surface area contributed by atoms with Crippen molar-refractivity contribution in [2.24, 2.45) is 10.8 Å². The summed E-state index contributed by atoms with van der Waals surface area (Å²) in [5.41, 5.74) is -0.490. The van der Waals surface area contributed by atoms with Gasteiger partial charge in [-0.1, -0.05) is 20.8 Å². The van der Waals surface area contributed by atoms with Gasteiger partial charge in [0.2, 0.25) is 0 Å². The van der Waals surface area contributed by atoms with Gasteiger partial charge in [0, 0.05) is 0 Å². The third-order valence-electron chi connectivity index (χ3n) is 1.24. The van der Waals surface area contributed by atoms with E-state index in [1.54, 1.807) is 20.8 Å². The summed E-state index contributed by atoms with van der Waals surface area (Å²) >= 11 is 0. The van der Waals surface area contributed by atoms with Crippen molar-refractivity contribution in [1.82, 2.24) is 0 Å². The monoisotopic (exact) mass is 188 g/mol. The summed E-state index contributed by atoms with van der Waals surface area (Å²) in [5, 5.41) is 0. The Hall–Kier alpha value is -0.570. The zero-order chi connectivity index (χ0) is 10.7. The molecule has 0 heterocycles. The Labute approximate surface area is 80.3 Å². The second-order valence-electron chi connectivity index (χ2n) is 5.44. The van der Waals surface area contributed by atoms with Gasteiger partial charge in [-0.15, -0.1) is 0 Å². The molecule has 0 saturated carbocycles. The standard InChI is InChI=1S/C10H20O3/c1-9(2,3)7-12-13-8(11)10(4,5)6/h7H2,1-6H3. The summed E-state index contributed by atoms with van der Waals surface area (Å²) in [6.07, 6.45) is 0. The molecule has 78 valence electrons. The molecule has 0 aromatic rings. The molecule has 0 aromatic heterocycles. The summed E-state index contributed by atoms with van der Waals surface area (Å²) in [5.74, 6) is -0.336. The second kappa shape index (κ2) is 4.09. The first kappa shape index (κ1) is 12.4. The first-order valence-corrected chi connectivity index (χ1v) is 4.47. The number of carbonyl (C=O) groups is 1. The number of hydrogen-bond acceptors (Lipinski definition) is 3. The molecule has 0 aliphatic rings. The highest BCUT2D eigenvalue weighted by Gasteiger charge is 2.25. The van der Waals surface area contributed by atoms with Crippen LogP contribution in [0.4, 0.5) is 0 Å². The van der Waals surface area contributed by atoms with Crippen molar-refractivity contribution in [1.29, 1.82) is 0 Å². The van der Waals surface area contributed by atoms with Gasteiger partial charge in [-0.05, 0) is 26.2 Å². The highest BCUT2D eigenvalue weighted by atomic mass is 17.2. The Morgan fingerprint density at radius 1 is 1.08 bits per heavy atom. The van der Waals surface area contributed by atoms with Gasteiger partial charge in [-0.3, -0.25) is 4.89 Å². The van der Waals surface area contributed by atoms with Crippen molar-refractivity contribution in [3.05, 3.63) is 0 Å². The molecule has 0 amide bonds. The lowest BCUT2D eigenvalue weighted by molar-refractivity contribution is -0.289. The molecule has 0 radical (unpaired) electrons. The molecule has 0 rings (SSSR count). The van der Waals surface area contributed by atoms with Gasteiger partial charge in [0.1, 0.15) is 0 Å². The van der Waals surface area contributed by atoms with Crippen LogP contribution in [0, 0.1) is 10.8 Å². The first-order valence-electron chi connectivity index (χ1n) is 4.47. The van der Waals surface area contributed by atoms with Gasteiger partial charge < -0.3 is 0 Å². The van der Waals surface area contributed by atoms with Gasteiger partial charge >= 0.3 is 5.97 Å². The van der Waals surface area contributed by atoms with Crippen LogP contribution in [0.5, 0.6) is 0 Å². The predicted molar refractivity (Wildman–Crippen MR) is 51.0 cm³/mol. The molecular formula is C10H20O3. The van der Waals surface area contributed by atoms with Crippen LogP contribution in [-0.4, -0.2) is 12.6 Å². The molecular weight excluding hydrogens is 168 g/mol. The van der Waals surface area contributed by atoms with E-state index in [1.807, 2.05) is 20.8 Å². The summed E-state index contributed by atoms with van der Waals surface area (Å²) < 4.78 is 0. The van der Waals surface area contributed by atoms with Crippen LogP contribution in [0.15, 0.2) is 0 Å². The summed E-state index contributed by atoms with van der Waals surface area (Å²) in [7, 11) is 0. The number of rotatable bonds is 2. The van der Waals surface area contributed by atoms with Gasteiger partial charge in [0.05, 0.1) is 12.0 Å². The maximum atomic E-state index is 11.2. The van der Waals surface area contributed by atoms with Gasteiger partial charge in [0.15, 0.2) is 0 Å². The Morgan fingerprint density at radius 2 is 1.54 bits per heavy atom. The molecule has 0 unspecified atom stereocenters. The molecule has 0 bridgehead atoms. The Kier molecular flexibility index (Phi) is 3.91. The van der Waals surface area contributed by atoms with Crippen LogP contribution in [0.2, 0.25) is 0 Å². The largest absolute Gasteiger partial charge is 0.347 e. The molecule has 13 heavy (non-hydrogen) atoms. The number of carbonyl (C=O) groups excluding carboxylic acids is 1. The van der Waals surface area contributed by atoms with Gasteiger partial charge in [0.25, 0.3) is 0 Å². The van der Waals surface area contributed by atoms with Crippen LogP contribution in [0.25, 0.3) is 0 Å². The minimum atomic E-state index is -0.502. The average molecular weight is 188 g/mol. The highest BCUT2D eigenvalue weighted by molar-refractivity contribution is 5.74. The third-order valence-corrected chi connectivity index (χ3v) is 1.24. The lowest BCUT2D eigenvalue weighted by atomic mass is 9.98. The highest BCUT2D eigenvalue weighted by Crippen LogP contribution is 2.17. The molecule has 0 spiro atoms. The van der Waals surface area contributed by atoms with Crippen molar-refractivity contribution in [3.63, 3.8) is 0 Å². The van der Waals surface area contributed by atoms with E-state index in [9.17, 15) is 4.79 Å². The van der Waals surface area contributed by atoms with Gasteiger partial charge in [-0.2, -0.15) is 4.89 Å². The van der Waals surface area contributed by atoms with Crippen LogP contribution in [0.1, 0.15) is 41.5 Å². The lowest BCUT2D eigenvalue weighted by Crippen LogP contribution is -2.25. The van der Waals surface area contributed by atoms with Crippen molar-refractivity contribution in [2.45, 2.75) is 41.5 Å². The normalized spacial score (nSPS) is 12.8. The van der Waals surface area contributed by atoms with Crippen LogP contribution >= 0.6 is 0 Å². The number of hydrogen-bond donors (Lipinski definition) is 0. The summed E-state index contributed by atoms with van der Waals surface area (Å²) in [4.78, 5) is 20.7. The predicted octanol–water partition coefficient (Wildman–Crippen LogP) is 2.55. The summed E-state index contributed by atoms with van der Waals surface area (Å²) in [6, 6.07) is 0. The Bertz CT molecular complexity index is 172. The van der Waals surface area contributed by atoms with E-state index in [-0.39, 0.29) is 11.4 Å². The fourth-order valence-corrected chi connectivity index (χ4v) is 0.385. The quantitative estimate of drug-likeness (QED) is 0.493. The van der Waals surface area contributed by atoms with Crippen LogP contribution in [0.3, 0.4) is 0 Å². The first-order chi connectivity index (χ1) is 5.63.